The molecule has 0 heterocycles. The van der Waals surface area contributed by atoms with Crippen molar-refractivity contribution in [2.45, 2.75) is 0 Å². The lowest BCUT2D eigenvalue weighted by Crippen LogP contribution is -2.15. The molecule has 0 spiro atoms. The summed E-state index contributed by atoms with van der Waals surface area (Å²) >= 11 is 0. The van der Waals surface area contributed by atoms with Crippen LogP contribution in [-0.2, 0) is 0 Å². The smallest absolute Gasteiger partial charge is 0.271 e. The van der Waals surface area contributed by atoms with E-state index in [2.05, 4.69) is 0 Å². The molecule has 0 saturated carbocycles. The van der Waals surface area contributed by atoms with Crippen molar-refractivity contribution in [3.63, 3.8) is 0 Å². The highest BCUT2D eigenvalue weighted by atomic mass is 31.2. The van der Waals surface area contributed by atoms with Crippen molar-refractivity contribution >= 4 is 7.94 Å². The maximum Gasteiger partial charge on any atom is 0.419 e. The lowest BCUT2D eigenvalue weighted by molar-refractivity contribution is 0.299. The van der Waals surface area contributed by atoms with Gasteiger partial charge in [-0.05, 0) is 14.1 Å². The third-order valence-corrected chi connectivity index (χ3v) is 1.42. The summed E-state index contributed by atoms with van der Waals surface area (Å²) in [5.74, 6) is 0. The Hall–Kier alpha value is 0.270. The third-order valence-electron chi connectivity index (χ3n) is 0.473. The molecule has 5 heteroatoms. The van der Waals surface area contributed by atoms with E-state index >= 15 is 0 Å². The zero-order valence-electron chi connectivity index (χ0n) is 4.94. The second-order valence-corrected chi connectivity index (χ2v) is 3.58. The summed E-state index contributed by atoms with van der Waals surface area (Å²) in [6.07, 6.45) is -0.0625. The molecule has 4 nitrogen and oxygen atoms in total. The Morgan fingerprint density at radius 1 is 1.25 bits per heavy atom. The van der Waals surface area contributed by atoms with Crippen LogP contribution in [0.4, 0.5) is 0 Å². The quantitative estimate of drug-likeness (QED) is 0.441. The summed E-state index contributed by atoms with van der Waals surface area (Å²) in [5.41, 5.74) is 0. The highest BCUT2D eigenvalue weighted by molar-refractivity contribution is 7.58. The van der Waals surface area contributed by atoms with Crippen LogP contribution >= 0.6 is 7.94 Å². The Labute approximate surface area is 49.0 Å². The lowest BCUT2D eigenvalue weighted by Gasteiger charge is -2.08. The molecule has 0 fully saturated rings. The monoisotopic (exact) mass is 140 g/mol. The van der Waals surface area contributed by atoms with Gasteiger partial charge in [0.1, 0.15) is 0 Å². The first kappa shape index (κ1) is 8.27. The molecule has 0 rings (SSSR count). The van der Waals surface area contributed by atoms with Gasteiger partial charge in [0.05, 0.1) is 0 Å². The van der Waals surface area contributed by atoms with Crippen LogP contribution in [0.1, 0.15) is 0 Å². The van der Waals surface area contributed by atoms with Crippen LogP contribution in [0.15, 0.2) is 0 Å². The molecule has 0 aromatic rings. The van der Waals surface area contributed by atoms with E-state index in [0.29, 0.717) is 0 Å². The van der Waals surface area contributed by atoms with Crippen LogP contribution in [0.5, 0.6) is 0 Å². The highest BCUT2D eigenvalue weighted by Gasteiger charge is 2.29. The molecule has 8 heavy (non-hydrogen) atoms. The number of rotatable bonds is 2. The Kier molecular flexibility index (Phi) is 2.80. The van der Waals surface area contributed by atoms with E-state index in [1.807, 2.05) is 0 Å². The molecular weight excluding hydrogens is 129 g/mol. The van der Waals surface area contributed by atoms with Gasteiger partial charge in [0.25, 0.3) is 0 Å². The van der Waals surface area contributed by atoms with Gasteiger partial charge in [0.15, 0.2) is 6.29 Å². The minimum atomic E-state index is -3.55. The van der Waals surface area contributed by atoms with E-state index < -0.39 is 7.94 Å². The summed E-state index contributed by atoms with van der Waals surface area (Å²) in [7, 11) is -0.245. The maximum absolute atomic E-state index is 8.37. The number of hydrogen-bond acceptors (Lipinski definition) is 4. The van der Waals surface area contributed by atoms with Crippen LogP contribution in [0.3, 0.4) is 0 Å². The Morgan fingerprint density at radius 2 is 1.62 bits per heavy atom. The molecule has 50 valence electrons. The molecule has 0 bridgehead atoms. The molecule has 0 amide bonds. The summed E-state index contributed by atoms with van der Waals surface area (Å²) in [6, 6.07) is 0. The van der Waals surface area contributed by atoms with E-state index in [-0.39, 0.29) is 6.29 Å². The van der Waals surface area contributed by atoms with Crippen LogP contribution in [0.2, 0.25) is 0 Å². The maximum atomic E-state index is 8.37. The molecule has 0 aromatic heterocycles. The fourth-order valence-electron chi connectivity index (χ4n) is 0.379. The first-order valence-corrected chi connectivity index (χ1v) is 3.96. The van der Waals surface area contributed by atoms with Crippen molar-refractivity contribution in [2.75, 3.05) is 20.4 Å². The van der Waals surface area contributed by atoms with E-state index in [9.17, 15) is 0 Å². The summed E-state index contributed by atoms with van der Waals surface area (Å²) in [4.78, 5) is 26.6. The molecule has 3 N–H and O–H groups in total. The first-order chi connectivity index (χ1) is 3.42. The summed E-state index contributed by atoms with van der Waals surface area (Å²) in [6.45, 7) is 0. The van der Waals surface area contributed by atoms with Gasteiger partial charge < -0.3 is 0 Å². The number of nitrogens with zero attached hydrogens (tertiary/aromatic N) is 1. The Balaban J connectivity index is 3.39. The third kappa shape index (κ3) is 6.27. The van der Waals surface area contributed by atoms with Gasteiger partial charge >= 0.3 is 7.94 Å². The zero-order valence-corrected chi connectivity index (χ0v) is 5.84. The highest BCUT2D eigenvalue weighted by Crippen LogP contribution is 2.43. The molecule has 0 atom stereocenters. The van der Waals surface area contributed by atoms with Gasteiger partial charge in [-0.25, -0.2) is 0 Å². The average Bonchev–Trinajstić information content (AvgIpc) is 1.21. The molecule has 0 saturated heterocycles. The van der Waals surface area contributed by atoms with Gasteiger partial charge in [-0.2, -0.15) is 14.7 Å². The SMILES string of the molecule is CN(C)C[P+](O)(O)O. The molecule has 0 aliphatic heterocycles. The average molecular weight is 140 g/mol. The topological polar surface area (TPSA) is 63.9 Å². The summed E-state index contributed by atoms with van der Waals surface area (Å²) in [5, 5.41) is 0. The minimum absolute atomic E-state index is 0.0625. The largest absolute Gasteiger partial charge is 0.419 e. The van der Waals surface area contributed by atoms with Crippen LogP contribution in [-0.4, -0.2) is 40.0 Å². The lowest BCUT2D eigenvalue weighted by atomic mass is 11.0. The van der Waals surface area contributed by atoms with Gasteiger partial charge in [-0.3, -0.25) is 4.90 Å². The standard InChI is InChI=1S/C3H11NO3P/c1-4(2)3-8(5,6)7/h5-7H,3H2,1-2H3/q+1. The number of hydrogen-bond donors (Lipinski definition) is 3. The van der Waals surface area contributed by atoms with Crippen LogP contribution < -0.4 is 0 Å². The van der Waals surface area contributed by atoms with Gasteiger partial charge in [-0.15, -0.1) is 0 Å². The predicted octanol–water partition coefficient (Wildman–Crippen LogP) is -0.755. The minimum Gasteiger partial charge on any atom is -0.271 e. The Morgan fingerprint density at radius 3 is 1.62 bits per heavy atom. The van der Waals surface area contributed by atoms with E-state index in [4.69, 9.17) is 14.7 Å². The van der Waals surface area contributed by atoms with Crippen molar-refractivity contribution in [2.24, 2.45) is 0 Å². The normalized spacial score (nSPS) is 12.8. The van der Waals surface area contributed by atoms with Gasteiger partial charge in [0, 0.05) is 0 Å². The van der Waals surface area contributed by atoms with Crippen molar-refractivity contribution in [3.05, 3.63) is 0 Å². The van der Waals surface area contributed by atoms with Crippen LogP contribution in [0, 0.1) is 0 Å². The van der Waals surface area contributed by atoms with Crippen molar-refractivity contribution in [1.82, 2.24) is 4.90 Å². The van der Waals surface area contributed by atoms with E-state index in [1.165, 1.54) is 4.90 Å². The zero-order chi connectivity index (χ0) is 6.78. The first-order valence-electron chi connectivity index (χ1n) is 2.13. The molecule has 0 aliphatic carbocycles. The van der Waals surface area contributed by atoms with Crippen molar-refractivity contribution < 1.29 is 14.7 Å². The van der Waals surface area contributed by atoms with Gasteiger partial charge in [-0.1, -0.05) is 0 Å². The molecule has 0 aliphatic rings. The second-order valence-electron chi connectivity index (χ2n) is 1.91. The molecular formula is C3H11NO3P+. The van der Waals surface area contributed by atoms with Crippen molar-refractivity contribution in [1.29, 1.82) is 0 Å². The fraction of sp³-hybridized carbons (Fsp3) is 1.00. The fourth-order valence-corrected chi connectivity index (χ4v) is 1.14. The van der Waals surface area contributed by atoms with Gasteiger partial charge in [0.2, 0.25) is 0 Å². The van der Waals surface area contributed by atoms with Crippen LogP contribution in [0.25, 0.3) is 0 Å². The second kappa shape index (κ2) is 2.71. The summed E-state index contributed by atoms with van der Waals surface area (Å²) < 4.78 is 0. The molecule has 0 unspecified atom stereocenters. The van der Waals surface area contributed by atoms with E-state index in [0.717, 1.165) is 0 Å². The van der Waals surface area contributed by atoms with Crippen molar-refractivity contribution in [3.8, 4) is 0 Å². The van der Waals surface area contributed by atoms with E-state index in [1.54, 1.807) is 14.1 Å². The molecule has 0 aromatic carbocycles. The predicted molar refractivity (Wildman–Crippen MR) is 32.1 cm³/mol. The Bertz CT molecular complexity index is 69.4. The molecule has 0 radical (unpaired) electrons.